The average molecular weight is 524 g/mol. The Morgan fingerprint density at radius 1 is 0.939 bits per heavy atom. The van der Waals surface area contributed by atoms with Crippen LogP contribution in [0.25, 0.3) is 0 Å². The Balaban J connectivity index is 1.75. The Bertz CT molecular complexity index is 1130. The number of pyridine rings is 1. The van der Waals surface area contributed by atoms with Gasteiger partial charge in [-0.3, -0.25) is 0 Å². The monoisotopic (exact) mass is 523 g/mol. The summed E-state index contributed by atoms with van der Waals surface area (Å²) in [6.45, 7) is 6.17. The summed E-state index contributed by atoms with van der Waals surface area (Å²) in [6.07, 6.45) is -4.79. The van der Waals surface area contributed by atoms with Gasteiger partial charge in [-0.05, 0) is 63.8 Å². The number of para-hydroxylation sites is 1. The predicted octanol–water partition coefficient (Wildman–Crippen LogP) is 7.48. The molecule has 10 heteroatoms. The molecule has 1 aromatic heterocycles. The van der Waals surface area contributed by atoms with Gasteiger partial charge in [0.25, 0.3) is 0 Å². The highest BCUT2D eigenvalue weighted by molar-refractivity contribution is 9.10. The highest BCUT2D eigenvalue weighted by Gasteiger charge is 2.31. The van der Waals surface area contributed by atoms with Crippen molar-refractivity contribution in [2.24, 2.45) is 0 Å². The van der Waals surface area contributed by atoms with Gasteiger partial charge in [-0.15, -0.1) is 13.2 Å². The molecule has 0 unspecified atom stereocenters. The molecule has 33 heavy (non-hydrogen) atoms. The van der Waals surface area contributed by atoms with Crippen LogP contribution < -0.4 is 20.1 Å². The number of carbonyl (C=O) groups is 1. The molecule has 3 aromatic rings. The van der Waals surface area contributed by atoms with Crippen LogP contribution in [0.5, 0.6) is 17.4 Å². The number of rotatable bonds is 5. The minimum absolute atomic E-state index is 0.171. The van der Waals surface area contributed by atoms with Crippen molar-refractivity contribution in [3.8, 4) is 17.4 Å². The maximum Gasteiger partial charge on any atom is 0.573 e. The maximum absolute atomic E-state index is 12.5. The number of hydrogen-bond donors (Lipinski definition) is 2. The molecule has 0 aliphatic carbocycles. The van der Waals surface area contributed by atoms with Gasteiger partial charge in [-0.2, -0.15) is 0 Å². The summed E-state index contributed by atoms with van der Waals surface area (Å²) in [5.41, 5.74) is 1.35. The highest BCUT2D eigenvalue weighted by atomic mass is 79.9. The fraction of sp³-hybridized carbons (Fsp3) is 0.217. The molecule has 2 aromatic carbocycles. The second kappa shape index (κ2) is 9.70. The number of ether oxygens (including phenoxy) is 2. The van der Waals surface area contributed by atoms with Gasteiger partial charge >= 0.3 is 12.4 Å². The van der Waals surface area contributed by atoms with Crippen molar-refractivity contribution in [1.82, 2.24) is 4.98 Å². The van der Waals surface area contributed by atoms with Gasteiger partial charge in [0.05, 0.1) is 0 Å². The van der Waals surface area contributed by atoms with Crippen LogP contribution in [-0.4, -0.2) is 17.4 Å². The van der Waals surface area contributed by atoms with E-state index in [1.165, 1.54) is 12.1 Å². The van der Waals surface area contributed by atoms with E-state index in [1.54, 1.807) is 12.1 Å². The molecule has 2 amide bonds. The van der Waals surface area contributed by atoms with E-state index < -0.39 is 18.1 Å². The third-order valence-corrected chi connectivity index (χ3v) is 4.76. The molecule has 0 saturated carbocycles. The number of nitrogens with zero attached hydrogens (tertiary/aromatic N) is 1. The van der Waals surface area contributed by atoms with Gasteiger partial charge in [-0.1, -0.05) is 39.0 Å². The number of amides is 2. The predicted molar refractivity (Wildman–Crippen MR) is 123 cm³/mol. The first-order valence-electron chi connectivity index (χ1n) is 9.78. The van der Waals surface area contributed by atoms with Crippen LogP contribution in [0.3, 0.4) is 0 Å². The zero-order valence-corrected chi connectivity index (χ0v) is 19.5. The topological polar surface area (TPSA) is 72.5 Å². The van der Waals surface area contributed by atoms with E-state index in [0.29, 0.717) is 16.0 Å². The number of aromatic nitrogens is 1. The number of alkyl halides is 3. The molecule has 0 fully saturated rings. The molecule has 1 heterocycles. The number of carbonyl (C=O) groups excluding carboxylic acids is 1. The van der Waals surface area contributed by atoms with Crippen molar-refractivity contribution >= 4 is 33.3 Å². The molecule has 3 rings (SSSR count). The molecule has 0 aliphatic heterocycles. The van der Waals surface area contributed by atoms with Gasteiger partial charge in [0, 0.05) is 11.3 Å². The second-order valence-electron chi connectivity index (χ2n) is 7.99. The van der Waals surface area contributed by atoms with E-state index in [9.17, 15) is 18.0 Å². The third kappa shape index (κ3) is 7.11. The fourth-order valence-corrected chi connectivity index (χ4v) is 3.19. The van der Waals surface area contributed by atoms with Gasteiger partial charge in [0.1, 0.15) is 21.8 Å². The van der Waals surface area contributed by atoms with Crippen molar-refractivity contribution in [2.75, 3.05) is 10.6 Å². The zero-order chi connectivity index (χ0) is 24.2. The molecule has 0 spiro atoms. The first kappa shape index (κ1) is 24.4. The van der Waals surface area contributed by atoms with E-state index >= 15 is 0 Å². The fourth-order valence-electron chi connectivity index (χ4n) is 2.89. The van der Waals surface area contributed by atoms with E-state index in [4.69, 9.17) is 4.74 Å². The Kier molecular flexibility index (Phi) is 7.16. The smallest absolute Gasteiger partial charge is 0.437 e. The molecule has 0 radical (unpaired) electrons. The molecule has 0 saturated heterocycles. The lowest BCUT2D eigenvalue weighted by atomic mass is 9.86. The molecule has 2 N–H and O–H groups in total. The number of benzene rings is 2. The van der Waals surface area contributed by atoms with E-state index in [0.717, 1.165) is 17.7 Å². The summed E-state index contributed by atoms with van der Waals surface area (Å²) >= 11 is 3.30. The van der Waals surface area contributed by atoms with Crippen LogP contribution in [0.1, 0.15) is 26.3 Å². The molecule has 0 bridgehead atoms. The van der Waals surface area contributed by atoms with E-state index in [2.05, 4.69) is 57.1 Å². The Hall–Kier alpha value is -3.27. The molecule has 0 aliphatic rings. The quantitative estimate of drug-likeness (QED) is 0.340. The molecular weight excluding hydrogens is 503 g/mol. The third-order valence-electron chi connectivity index (χ3n) is 4.32. The van der Waals surface area contributed by atoms with E-state index in [1.807, 2.05) is 24.3 Å². The van der Waals surface area contributed by atoms with Gasteiger partial charge in [0.15, 0.2) is 0 Å². The van der Waals surface area contributed by atoms with Gasteiger partial charge in [-0.25, -0.2) is 9.78 Å². The first-order chi connectivity index (χ1) is 15.4. The lowest BCUT2D eigenvalue weighted by molar-refractivity contribution is -0.274. The molecule has 174 valence electrons. The first-order valence-corrected chi connectivity index (χ1v) is 10.6. The second-order valence-corrected chi connectivity index (χ2v) is 8.80. The Morgan fingerprint density at radius 2 is 1.61 bits per heavy atom. The van der Waals surface area contributed by atoms with Crippen molar-refractivity contribution in [3.05, 3.63) is 70.8 Å². The molecule has 0 atom stereocenters. The van der Waals surface area contributed by atoms with Crippen molar-refractivity contribution in [2.45, 2.75) is 32.5 Å². The summed E-state index contributed by atoms with van der Waals surface area (Å²) in [6, 6.07) is 14.9. The van der Waals surface area contributed by atoms with Crippen molar-refractivity contribution in [3.63, 3.8) is 0 Å². The number of nitrogens with one attached hydrogen (secondary N) is 2. The van der Waals surface area contributed by atoms with E-state index in [-0.39, 0.29) is 17.0 Å². The minimum Gasteiger partial charge on any atom is -0.437 e. The number of halogens is 4. The summed E-state index contributed by atoms with van der Waals surface area (Å²) in [7, 11) is 0. The SMILES string of the molecule is CC(C)(C)c1ccccc1Oc1nc(Br)ccc1NC(=O)Nc1ccc(OC(F)(F)F)cc1. The minimum atomic E-state index is -4.79. The van der Waals surface area contributed by atoms with Crippen molar-refractivity contribution in [1.29, 1.82) is 0 Å². The van der Waals surface area contributed by atoms with Gasteiger partial charge < -0.3 is 20.1 Å². The van der Waals surface area contributed by atoms with Crippen molar-refractivity contribution < 1.29 is 27.4 Å². The molecule has 6 nitrogen and oxygen atoms in total. The van der Waals surface area contributed by atoms with Crippen LogP contribution in [-0.2, 0) is 5.41 Å². The highest BCUT2D eigenvalue weighted by Crippen LogP contribution is 2.36. The summed E-state index contributed by atoms with van der Waals surface area (Å²) in [4.78, 5) is 16.8. The Morgan fingerprint density at radius 3 is 2.24 bits per heavy atom. The standard InChI is InChI=1S/C23H21BrF3N3O3/c1-22(2,3)16-6-4-5-7-18(16)32-20-17(12-13-19(24)30-20)29-21(31)28-14-8-10-15(11-9-14)33-23(25,26)27/h4-13H,1-3H3,(H2,28,29,31). The summed E-state index contributed by atoms with van der Waals surface area (Å²) in [5, 5.41) is 5.19. The molecular formula is C23H21BrF3N3O3. The van der Waals surface area contributed by atoms with Crippen LogP contribution >= 0.6 is 15.9 Å². The lowest BCUT2D eigenvalue weighted by Crippen LogP contribution is -2.20. The summed E-state index contributed by atoms with van der Waals surface area (Å²) < 4.78 is 47.2. The maximum atomic E-state index is 12.5. The number of anilines is 2. The zero-order valence-electron chi connectivity index (χ0n) is 18.0. The van der Waals surface area contributed by atoms with Crippen LogP contribution in [0.15, 0.2) is 65.3 Å². The number of urea groups is 1. The van der Waals surface area contributed by atoms with Crippen LogP contribution in [0.4, 0.5) is 29.3 Å². The average Bonchev–Trinajstić information content (AvgIpc) is 2.70. The normalized spacial score (nSPS) is 11.6. The number of hydrogen-bond acceptors (Lipinski definition) is 4. The Labute approximate surface area is 197 Å². The largest absolute Gasteiger partial charge is 0.573 e. The van der Waals surface area contributed by atoms with Crippen LogP contribution in [0.2, 0.25) is 0 Å². The lowest BCUT2D eigenvalue weighted by Gasteiger charge is -2.23. The summed E-state index contributed by atoms with van der Waals surface area (Å²) in [5.74, 6) is 0.378. The van der Waals surface area contributed by atoms with Crippen LogP contribution in [0, 0.1) is 0 Å². The van der Waals surface area contributed by atoms with Gasteiger partial charge in [0.2, 0.25) is 5.88 Å².